The van der Waals surface area contributed by atoms with E-state index in [9.17, 15) is 0 Å². The summed E-state index contributed by atoms with van der Waals surface area (Å²) in [6.07, 6.45) is 0.00589. The van der Waals surface area contributed by atoms with E-state index in [0.717, 1.165) is 6.54 Å². The summed E-state index contributed by atoms with van der Waals surface area (Å²) in [5, 5.41) is 3.38. The maximum atomic E-state index is 6.10. The van der Waals surface area contributed by atoms with Crippen LogP contribution in [0.15, 0.2) is 60.7 Å². The summed E-state index contributed by atoms with van der Waals surface area (Å²) in [5.74, 6) is 0. The first-order chi connectivity index (χ1) is 9.77. The van der Waals surface area contributed by atoms with E-state index in [2.05, 4.69) is 67.7 Å². The highest BCUT2D eigenvalue weighted by Crippen LogP contribution is 2.25. The van der Waals surface area contributed by atoms with Gasteiger partial charge in [0.15, 0.2) is 0 Å². The zero-order valence-corrected chi connectivity index (χ0v) is 13.5. The van der Waals surface area contributed by atoms with E-state index in [1.807, 2.05) is 12.1 Å². The Morgan fingerprint density at radius 1 is 0.857 bits per heavy atom. The summed E-state index contributed by atoms with van der Waals surface area (Å²) in [5.41, 5.74) is 2.39. The quantitative estimate of drug-likeness (QED) is 0.774. The van der Waals surface area contributed by atoms with Gasteiger partial charge < -0.3 is 10.1 Å². The number of hydrogen-bond donors (Lipinski definition) is 1. The molecule has 0 amide bonds. The first-order valence-corrected chi connectivity index (χ1v) is 7.22. The van der Waals surface area contributed by atoms with Crippen LogP contribution < -0.4 is 5.32 Å². The molecular weight excluding hydrogens is 282 g/mol. The van der Waals surface area contributed by atoms with Crippen LogP contribution in [0.3, 0.4) is 0 Å². The van der Waals surface area contributed by atoms with Crippen molar-refractivity contribution in [2.24, 2.45) is 0 Å². The fraction of sp³-hybridized carbons (Fsp3) is 0.333. The van der Waals surface area contributed by atoms with Crippen LogP contribution in [-0.2, 0) is 4.74 Å². The molecule has 0 aliphatic heterocycles. The van der Waals surface area contributed by atoms with E-state index in [-0.39, 0.29) is 18.5 Å². The van der Waals surface area contributed by atoms with Gasteiger partial charge in [-0.2, -0.15) is 0 Å². The second-order valence-corrected chi connectivity index (χ2v) is 5.18. The van der Waals surface area contributed by atoms with Crippen LogP contribution in [0.1, 0.15) is 31.1 Å². The van der Waals surface area contributed by atoms with Crippen molar-refractivity contribution in [2.75, 3.05) is 13.2 Å². The van der Waals surface area contributed by atoms with Crippen LogP contribution in [0.2, 0.25) is 0 Å². The summed E-state index contributed by atoms with van der Waals surface area (Å²) in [4.78, 5) is 0. The van der Waals surface area contributed by atoms with E-state index in [1.165, 1.54) is 11.1 Å². The van der Waals surface area contributed by atoms with Gasteiger partial charge in [-0.05, 0) is 11.1 Å². The number of ether oxygens (including phenoxy) is 1. The minimum Gasteiger partial charge on any atom is -0.367 e. The Morgan fingerprint density at radius 3 is 1.76 bits per heavy atom. The molecule has 0 aliphatic carbocycles. The third-order valence-corrected chi connectivity index (χ3v) is 3.14. The largest absolute Gasteiger partial charge is 0.367 e. The first-order valence-electron chi connectivity index (χ1n) is 7.22. The number of nitrogens with one attached hydrogen (secondary N) is 1. The van der Waals surface area contributed by atoms with Crippen molar-refractivity contribution in [3.63, 3.8) is 0 Å². The van der Waals surface area contributed by atoms with Crippen molar-refractivity contribution in [2.45, 2.75) is 26.0 Å². The summed E-state index contributed by atoms with van der Waals surface area (Å²) >= 11 is 0. The number of rotatable bonds is 7. The van der Waals surface area contributed by atoms with Crippen LogP contribution in [0.25, 0.3) is 0 Å². The highest BCUT2D eigenvalue weighted by Gasteiger charge is 2.13. The molecule has 0 spiro atoms. The van der Waals surface area contributed by atoms with Gasteiger partial charge in [-0.15, -0.1) is 12.4 Å². The highest BCUT2D eigenvalue weighted by atomic mass is 35.5. The second kappa shape index (κ2) is 9.56. The van der Waals surface area contributed by atoms with E-state index >= 15 is 0 Å². The molecule has 0 aliphatic rings. The van der Waals surface area contributed by atoms with Gasteiger partial charge in [0.2, 0.25) is 0 Å². The monoisotopic (exact) mass is 305 g/mol. The van der Waals surface area contributed by atoms with Gasteiger partial charge in [0.05, 0.1) is 6.61 Å². The molecule has 0 aromatic heterocycles. The van der Waals surface area contributed by atoms with Crippen molar-refractivity contribution in [3.8, 4) is 0 Å². The van der Waals surface area contributed by atoms with Gasteiger partial charge in [-0.25, -0.2) is 0 Å². The van der Waals surface area contributed by atoms with E-state index in [0.29, 0.717) is 12.6 Å². The fourth-order valence-electron chi connectivity index (χ4n) is 2.16. The molecule has 0 unspecified atom stereocenters. The summed E-state index contributed by atoms with van der Waals surface area (Å²) in [6, 6.07) is 21.3. The van der Waals surface area contributed by atoms with Crippen LogP contribution in [0, 0.1) is 0 Å². The van der Waals surface area contributed by atoms with Crippen LogP contribution in [0.4, 0.5) is 0 Å². The van der Waals surface area contributed by atoms with Gasteiger partial charge in [0.1, 0.15) is 6.10 Å². The Kier molecular flexibility index (Phi) is 8.06. The van der Waals surface area contributed by atoms with Crippen molar-refractivity contribution in [1.82, 2.24) is 5.32 Å². The Balaban J connectivity index is 0.00000220. The third kappa shape index (κ3) is 5.88. The average molecular weight is 306 g/mol. The Labute approximate surface area is 133 Å². The molecule has 0 saturated heterocycles. The molecule has 3 heteroatoms. The van der Waals surface area contributed by atoms with Gasteiger partial charge in [-0.1, -0.05) is 74.5 Å². The minimum atomic E-state index is 0. The molecule has 114 valence electrons. The Hall–Kier alpha value is -1.35. The van der Waals surface area contributed by atoms with Gasteiger partial charge in [0, 0.05) is 12.6 Å². The molecule has 0 atom stereocenters. The minimum absolute atomic E-state index is 0. The average Bonchev–Trinajstić information content (AvgIpc) is 2.49. The van der Waals surface area contributed by atoms with Gasteiger partial charge in [0.25, 0.3) is 0 Å². The lowest BCUT2D eigenvalue weighted by molar-refractivity contribution is 0.0811. The molecular formula is C18H24ClNO. The lowest BCUT2D eigenvalue weighted by Gasteiger charge is -2.19. The van der Waals surface area contributed by atoms with Gasteiger partial charge >= 0.3 is 0 Å². The van der Waals surface area contributed by atoms with E-state index < -0.39 is 0 Å². The van der Waals surface area contributed by atoms with Crippen molar-refractivity contribution >= 4 is 12.4 Å². The van der Waals surface area contributed by atoms with E-state index in [4.69, 9.17) is 4.74 Å². The molecule has 1 N–H and O–H groups in total. The number of benzene rings is 2. The number of halogens is 1. The topological polar surface area (TPSA) is 21.3 Å². The Morgan fingerprint density at radius 2 is 1.33 bits per heavy atom. The van der Waals surface area contributed by atoms with Crippen molar-refractivity contribution < 1.29 is 4.74 Å². The highest BCUT2D eigenvalue weighted by molar-refractivity contribution is 5.85. The zero-order chi connectivity index (χ0) is 14.2. The molecule has 2 nitrogen and oxygen atoms in total. The smallest absolute Gasteiger partial charge is 0.108 e. The lowest BCUT2D eigenvalue weighted by Crippen LogP contribution is -2.27. The molecule has 0 saturated carbocycles. The zero-order valence-electron chi connectivity index (χ0n) is 12.7. The predicted molar refractivity (Wildman–Crippen MR) is 91.1 cm³/mol. The van der Waals surface area contributed by atoms with Crippen LogP contribution in [0.5, 0.6) is 0 Å². The fourth-order valence-corrected chi connectivity index (χ4v) is 2.16. The molecule has 21 heavy (non-hydrogen) atoms. The van der Waals surface area contributed by atoms with Crippen molar-refractivity contribution in [1.29, 1.82) is 0 Å². The van der Waals surface area contributed by atoms with Gasteiger partial charge in [-0.3, -0.25) is 0 Å². The summed E-state index contributed by atoms with van der Waals surface area (Å²) in [6.45, 7) is 5.86. The Bertz CT molecular complexity index is 448. The molecule has 0 radical (unpaired) electrons. The number of hydrogen-bond acceptors (Lipinski definition) is 2. The maximum absolute atomic E-state index is 6.10. The second-order valence-electron chi connectivity index (χ2n) is 5.18. The van der Waals surface area contributed by atoms with E-state index in [1.54, 1.807) is 0 Å². The standard InChI is InChI=1S/C18H23NO.ClH/c1-15(2)19-13-14-20-18(16-9-5-3-6-10-16)17-11-7-4-8-12-17;/h3-12,15,18-19H,13-14H2,1-2H3;1H. The molecule has 0 bridgehead atoms. The third-order valence-electron chi connectivity index (χ3n) is 3.14. The predicted octanol–water partition coefficient (Wildman–Crippen LogP) is 4.21. The molecule has 2 aromatic carbocycles. The normalized spacial score (nSPS) is 10.7. The maximum Gasteiger partial charge on any atom is 0.108 e. The van der Waals surface area contributed by atoms with Crippen molar-refractivity contribution in [3.05, 3.63) is 71.8 Å². The molecule has 2 rings (SSSR count). The molecule has 0 heterocycles. The molecule has 0 fully saturated rings. The van der Waals surface area contributed by atoms with Crippen LogP contribution in [-0.4, -0.2) is 19.2 Å². The summed E-state index contributed by atoms with van der Waals surface area (Å²) in [7, 11) is 0. The lowest BCUT2D eigenvalue weighted by atomic mass is 10.0. The molecule has 2 aromatic rings. The first kappa shape index (κ1) is 17.7. The SMILES string of the molecule is CC(C)NCCOC(c1ccccc1)c1ccccc1.Cl. The van der Waals surface area contributed by atoms with Crippen LogP contribution >= 0.6 is 12.4 Å². The summed E-state index contributed by atoms with van der Waals surface area (Å²) < 4.78 is 6.10.